The summed E-state index contributed by atoms with van der Waals surface area (Å²) in [5, 5.41) is 7.45. The molecule has 4 rings (SSSR count). The quantitative estimate of drug-likeness (QED) is 0.910. The van der Waals surface area contributed by atoms with E-state index in [1.165, 1.54) is 6.42 Å². The fourth-order valence-corrected chi connectivity index (χ4v) is 4.20. The summed E-state index contributed by atoms with van der Waals surface area (Å²) in [4.78, 5) is 12.7. The highest BCUT2D eigenvalue weighted by molar-refractivity contribution is 5.96. The molecule has 1 spiro atoms. The van der Waals surface area contributed by atoms with Gasteiger partial charge in [0.05, 0.1) is 6.20 Å². The third-order valence-electron chi connectivity index (χ3n) is 6.03. The van der Waals surface area contributed by atoms with Crippen molar-refractivity contribution in [2.45, 2.75) is 44.7 Å². The van der Waals surface area contributed by atoms with Gasteiger partial charge in [0.15, 0.2) is 0 Å². The molecule has 2 aromatic rings. The summed E-state index contributed by atoms with van der Waals surface area (Å²) in [6.07, 6.45) is 8.22. The van der Waals surface area contributed by atoms with E-state index in [0.717, 1.165) is 36.0 Å². The highest BCUT2D eigenvalue weighted by Crippen LogP contribution is 2.55. The average molecular weight is 324 g/mol. The fourth-order valence-electron chi connectivity index (χ4n) is 4.20. The lowest BCUT2D eigenvalue weighted by Gasteiger charge is -2.60. The van der Waals surface area contributed by atoms with Crippen molar-refractivity contribution in [3.05, 3.63) is 41.7 Å². The van der Waals surface area contributed by atoms with Crippen LogP contribution in [0.4, 0.5) is 0 Å². The third kappa shape index (κ3) is 2.26. The predicted octanol–water partition coefficient (Wildman–Crippen LogP) is 2.40. The summed E-state index contributed by atoms with van der Waals surface area (Å²) in [5.41, 5.74) is 10.3. The summed E-state index contributed by atoms with van der Waals surface area (Å²) >= 11 is 0. The van der Waals surface area contributed by atoms with E-state index in [1.54, 1.807) is 4.68 Å². The molecule has 1 amide bonds. The predicted molar refractivity (Wildman–Crippen MR) is 93.5 cm³/mol. The van der Waals surface area contributed by atoms with E-state index in [0.29, 0.717) is 5.56 Å². The number of aryl methyl sites for hydroxylation is 2. The Bertz CT molecular complexity index is 790. The molecule has 2 saturated carbocycles. The number of benzene rings is 1. The molecule has 1 heterocycles. The van der Waals surface area contributed by atoms with E-state index in [4.69, 9.17) is 5.73 Å². The zero-order valence-corrected chi connectivity index (χ0v) is 14.2. The smallest absolute Gasteiger partial charge is 0.251 e. The van der Waals surface area contributed by atoms with Crippen LogP contribution >= 0.6 is 0 Å². The van der Waals surface area contributed by atoms with Crippen LogP contribution in [0, 0.1) is 12.3 Å². The number of carbonyl (C=O) groups is 1. The van der Waals surface area contributed by atoms with Crippen LogP contribution < -0.4 is 11.1 Å². The largest absolute Gasteiger partial charge is 0.349 e. The average Bonchev–Trinajstić information content (AvgIpc) is 2.91. The molecular formula is C19H24N4O. The lowest BCUT2D eigenvalue weighted by Crippen LogP contribution is -2.69. The number of carbonyl (C=O) groups excluding carboxylic acids is 1. The Labute approximate surface area is 142 Å². The minimum Gasteiger partial charge on any atom is -0.349 e. The molecule has 0 radical (unpaired) electrons. The van der Waals surface area contributed by atoms with Gasteiger partial charge in [-0.05, 0) is 49.4 Å². The Morgan fingerprint density at radius 3 is 2.79 bits per heavy atom. The molecule has 0 saturated heterocycles. The molecule has 3 N–H and O–H groups in total. The number of amides is 1. The summed E-state index contributed by atoms with van der Waals surface area (Å²) in [6, 6.07) is 6.35. The van der Waals surface area contributed by atoms with Crippen molar-refractivity contribution >= 4 is 5.91 Å². The van der Waals surface area contributed by atoms with Gasteiger partial charge in [-0.3, -0.25) is 9.48 Å². The second kappa shape index (κ2) is 5.45. The summed E-state index contributed by atoms with van der Waals surface area (Å²) in [6.45, 7) is 2.05. The van der Waals surface area contributed by atoms with E-state index >= 15 is 0 Å². The Kier molecular flexibility index (Phi) is 3.49. The van der Waals surface area contributed by atoms with Gasteiger partial charge in [-0.15, -0.1) is 0 Å². The second-order valence-electron chi connectivity index (χ2n) is 7.39. The van der Waals surface area contributed by atoms with Gasteiger partial charge in [-0.2, -0.15) is 5.10 Å². The molecule has 2 atom stereocenters. The van der Waals surface area contributed by atoms with Crippen LogP contribution in [0.1, 0.15) is 41.6 Å². The molecule has 0 aliphatic heterocycles. The van der Waals surface area contributed by atoms with Crippen molar-refractivity contribution in [3.63, 3.8) is 0 Å². The molecule has 5 heteroatoms. The van der Waals surface area contributed by atoms with Crippen molar-refractivity contribution in [2.24, 2.45) is 18.2 Å². The van der Waals surface area contributed by atoms with Crippen LogP contribution in [0.3, 0.4) is 0 Å². The number of rotatable bonds is 3. The second-order valence-corrected chi connectivity index (χ2v) is 7.39. The first-order valence-corrected chi connectivity index (χ1v) is 8.66. The molecule has 5 nitrogen and oxygen atoms in total. The first-order chi connectivity index (χ1) is 11.5. The van der Waals surface area contributed by atoms with Crippen LogP contribution in [-0.4, -0.2) is 27.8 Å². The molecule has 2 unspecified atom stereocenters. The number of nitrogens with one attached hydrogen (secondary N) is 1. The fraction of sp³-hybridized carbons (Fsp3) is 0.474. The molecule has 2 fully saturated rings. The van der Waals surface area contributed by atoms with Crippen molar-refractivity contribution in [1.82, 2.24) is 15.1 Å². The van der Waals surface area contributed by atoms with Crippen LogP contribution in [-0.2, 0) is 7.05 Å². The van der Waals surface area contributed by atoms with Gasteiger partial charge in [-0.25, -0.2) is 0 Å². The molecule has 2 aliphatic carbocycles. The van der Waals surface area contributed by atoms with Crippen molar-refractivity contribution in [3.8, 4) is 11.1 Å². The topological polar surface area (TPSA) is 72.9 Å². The van der Waals surface area contributed by atoms with E-state index in [1.807, 2.05) is 37.6 Å². The summed E-state index contributed by atoms with van der Waals surface area (Å²) < 4.78 is 1.78. The number of nitrogens with two attached hydrogens (primary N) is 1. The zero-order valence-electron chi connectivity index (χ0n) is 14.2. The molecular weight excluding hydrogens is 300 g/mol. The maximum absolute atomic E-state index is 12.7. The van der Waals surface area contributed by atoms with Gasteiger partial charge < -0.3 is 11.1 Å². The molecule has 1 aromatic carbocycles. The Morgan fingerprint density at radius 2 is 2.21 bits per heavy atom. The monoisotopic (exact) mass is 324 g/mol. The van der Waals surface area contributed by atoms with Gasteiger partial charge >= 0.3 is 0 Å². The van der Waals surface area contributed by atoms with Crippen molar-refractivity contribution in [1.29, 1.82) is 0 Å². The van der Waals surface area contributed by atoms with Crippen LogP contribution in [0.5, 0.6) is 0 Å². The Hall–Kier alpha value is -2.14. The molecule has 24 heavy (non-hydrogen) atoms. The zero-order chi connectivity index (χ0) is 16.9. The van der Waals surface area contributed by atoms with Gasteiger partial charge in [0, 0.05) is 41.9 Å². The number of aromatic nitrogens is 2. The van der Waals surface area contributed by atoms with Crippen LogP contribution in [0.15, 0.2) is 30.6 Å². The maximum atomic E-state index is 12.7. The molecule has 126 valence electrons. The highest BCUT2D eigenvalue weighted by atomic mass is 16.1. The number of hydrogen-bond acceptors (Lipinski definition) is 3. The van der Waals surface area contributed by atoms with E-state index in [-0.39, 0.29) is 23.4 Å². The molecule has 1 aromatic heterocycles. The first-order valence-electron chi connectivity index (χ1n) is 8.66. The van der Waals surface area contributed by atoms with Crippen LogP contribution in [0.25, 0.3) is 11.1 Å². The van der Waals surface area contributed by atoms with Gasteiger partial charge in [0.1, 0.15) is 0 Å². The van der Waals surface area contributed by atoms with Gasteiger partial charge in [0.25, 0.3) is 5.91 Å². The minimum absolute atomic E-state index is 0.00307. The van der Waals surface area contributed by atoms with E-state index < -0.39 is 0 Å². The first kappa shape index (κ1) is 15.4. The van der Waals surface area contributed by atoms with E-state index in [9.17, 15) is 4.79 Å². The lowest BCUT2D eigenvalue weighted by molar-refractivity contribution is -0.0389. The normalized spacial score (nSPS) is 24.3. The highest BCUT2D eigenvalue weighted by Gasteiger charge is 2.57. The Morgan fingerprint density at radius 1 is 1.42 bits per heavy atom. The van der Waals surface area contributed by atoms with Gasteiger partial charge in [0.2, 0.25) is 0 Å². The van der Waals surface area contributed by atoms with Gasteiger partial charge in [-0.1, -0.05) is 12.5 Å². The summed E-state index contributed by atoms with van der Waals surface area (Å²) in [5.74, 6) is 0.00307. The molecule has 2 aliphatic rings. The van der Waals surface area contributed by atoms with E-state index in [2.05, 4.69) is 17.3 Å². The Balaban J connectivity index is 1.55. The van der Waals surface area contributed by atoms with Crippen molar-refractivity contribution in [2.75, 3.05) is 0 Å². The summed E-state index contributed by atoms with van der Waals surface area (Å²) in [7, 11) is 1.90. The molecule has 0 bridgehead atoms. The maximum Gasteiger partial charge on any atom is 0.251 e. The SMILES string of the molecule is Cc1ccc(C(=O)NC2CC(N)C23CCC3)cc1-c1cnn(C)c1. The number of nitrogens with zero attached hydrogens (tertiary/aromatic N) is 2. The third-order valence-corrected chi connectivity index (χ3v) is 6.03. The van der Waals surface area contributed by atoms with Crippen molar-refractivity contribution < 1.29 is 4.79 Å². The standard InChI is InChI=1S/C19H24N4O/c1-12-4-5-13(8-15(12)14-10-21-23(2)11-14)18(24)22-17-9-16(20)19(17)6-3-7-19/h4-5,8,10-11,16-17H,3,6-7,9,20H2,1-2H3,(H,22,24). The van der Waals surface area contributed by atoms with Crippen LogP contribution in [0.2, 0.25) is 0 Å². The minimum atomic E-state index is 0.00307. The lowest BCUT2D eigenvalue weighted by atomic mass is 9.50. The number of hydrogen-bond donors (Lipinski definition) is 2.